The van der Waals surface area contributed by atoms with Gasteiger partial charge in [0.05, 0.1) is 13.5 Å². The highest BCUT2D eigenvalue weighted by molar-refractivity contribution is 5.73. The summed E-state index contributed by atoms with van der Waals surface area (Å²) in [6.07, 6.45) is 7.61. The number of allylic oxidation sites excluding steroid dienone is 3. The maximum atomic E-state index is 11.3. The van der Waals surface area contributed by atoms with Crippen LogP contribution in [-0.4, -0.2) is 19.1 Å². The van der Waals surface area contributed by atoms with Gasteiger partial charge < -0.3 is 10.5 Å². The highest BCUT2D eigenvalue weighted by Crippen LogP contribution is 2.39. The molecule has 3 heteroatoms. The van der Waals surface area contributed by atoms with Gasteiger partial charge in [0, 0.05) is 6.04 Å². The van der Waals surface area contributed by atoms with Crippen molar-refractivity contribution < 1.29 is 9.53 Å². The number of nitrogens with two attached hydrogens (primary N) is 1. The summed E-state index contributed by atoms with van der Waals surface area (Å²) in [5.74, 6) is 0.244. The van der Waals surface area contributed by atoms with Crippen LogP contribution in [0, 0.1) is 11.3 Å². The Morgan fingerprint density at radius 2 is 2.29 bits per heavy atom. The van der Waals surface area contributed by atoms with Gasteiger partial charge >= 0.3 is 5.97 Å². The van der Waals surface area contributed by atoms with Crippen molar-refractivity contribution in [3.8, 4) is 0 Å². The fourth-order valence-electron chi connectivity index (χ4n) is 2.38. The molecule has 0 aromatic carbocycles. The average molecular weight is 237 g/mol. The van der Waals surface area contributed by atoms with Gasteiger partial charge in [-0.25, -0.2) is 0 Å². The summed E-state index contributed by atoms with van der Waals surface area (Å²) in [5.41, 5.74) is 6.96. The standard InChI is InChI=1S/C14H23NO2/c1-10-5-6-12(7-13(16)17-4)9-14(10,3)8-11(2)15/h5-6,9-11H,7-8,15H2,1-4H3/t10?,11-,14?/m1/s1. The van der Waals surface area contributed by atoms with E-state index in [1.165, 1.54) is 7.11 Å². The van der Waals surface area contributed by atoms with Crippen LogP contribution in [0.4, 0.5) is 0 Å². The van der Waals surface area contributed by atoms with Crippen LogP contribution in [0.1, 0.15) is 33.6 Å². The lowest BCUT2D eigenvalue weighted by Gasteiger charge is -2.36. The number of hydrogen-bond acceptors (Lipinski definition) is 3. The monoisotopic (exact) mass is 237 g/mol. The molecule has 0 radical (unpaired) electrons. The van der Waals surface area contributed by atoms with Crippen molar-refractivity contribution in [2.45, 2.75) is 39.7 Å². The fourth-order valence-corrected chi connectivity index (χ4v) is 2.38. The normalized spacial score (nSPS) is 29.7. The molecule has 0 fully saturated rings. The second-order valence-electron chi connectivity index (χ2n) is 5.31. The summed E-state index contributed by atoms with van der Waals surface area (Å²) in [7, 11) is 1.42. The molecule has 3 atom stereocenters. The van der Waals surface area contributed by atoms with Gasteiger partial charge in [-0.05, 0) is 30.3 Å². The van der Waals surface area contributed by atoms with Gasteiger partial charge in [0.2, 0.25) is 0 Å². The van der Waals surface area contributed by atoms with E-state index in [-0.39, 0.29) is 17.4 Å². The molecular formula is C14H23NO2. The van der Waals surface area contributed by atoms with E-state index < -0.39 is 0 Å². The third kappa shape index (κ3) is 3.70. The molecule has 2 N–H and O–H groups in total. The molecule has 96 valence electrons. The Labute approximate surface area is 104 Å². The molecule has 0 aromatic heterocycles. The fraction of sp³-hybridized carbons (Fsp3) is 0.643. The quantitative estimate of drug-likeness (QED) is 0.764. The first kappa shape index (κ1) is 14.0. The van der Waals surface area contributed by atoms with Gasteiger partial charge in [0.15, 0.2) is 0 Å². The van der Waals surface area contributed by atoms with Gasteiger partial charge in [-0.3, -0.25) is 4.79 Å². The summed E-state index contributed by atoms with van der Waals surface area (Å²) in [6, 6.07) is 0.157. The lowest BCUT2D eigenvalue weighted by Crippen LogP contribution is -2.32. The van der Waals surface area contributed by atoms with Crippen LogP contribution in [0.15, 0.2) is 23.8 Å². The van der Waals surface area contributed by atoms with E-state index in [1.54, 1.807) is 0 Å². The molecule has 0 saturated heterocycles. The number of ether oxygens (including phenoxy) is 1. The van der Waals surface area contributed by atoms with Crippen LogP contribution in [0.2, 0.25) is 0 Å². The lowest BCUT2D eigenvalue weighted by molar-refractivity contribution is -0.139. The Hall–Kier alpha value is -1.09. The van der Waals surface area contributed by atoms with Gasteiger partial charge in [-0.15, -0.1) is 0 Å². The second-order valence-corrected chi connectivity index (χ2v) is 5.31. The van der Waals surface area contributed by atoms with E-state index in [1.807, 2.05) is 13.0 Å². The van der Waals surface area contributed by atoms with Crippen molar-refractivity contribution in [1.29, 1.82) is 0 Å². The smallest absolute Gasteiger partial charge is 0.309 e. The highest BCUT2D eigenvalue weighted by atomic mass is 16.5. The molecular weight excluding hydrogens is 214 g/mol. The largest absolute Gasteiger partial charge is 0.469 e. The van der Waals surface area contributed by atoms with Crippen molar-refractivity contribution in [2.75, 3.05) is 7.11 Å². The van der Waals surface area contributed by atoms with Crippen LogP contribution in [-0.2, 0) is 9.53 Å². The van der Waals surface area contributed by atoms with Gasteiger partial charge in [0.1, 0.15) is 0 Å². The highest BCUT2D eigenvalue weighted by Gasteiger charge is 2.31. The van der Waals surface area contributed by atoms with E-state index in [0.29, 0.717) is 12.3 Å². The SMILES string of the molecule is COC(=O)CC1=CC(C)(C[C@@H](C)N)C(C)C=C1. The van der Waals surface area contributed by atoms with Gasteiger partial charge in [-0.2, -0.15) is 0 Å². The van der Waals surface area contributed by atoms with Gasteiger partial charge in [-0.1, -0.05) is 32.1 Å². The number of carbonyl (C=O) groups is 1. The van der Waals surface area contributed by atoms with Crippen molar-refractivity contribution in [3.63, 3.8) is 0 Å². The first-order valence-electron chi connectivity index (χ1n) is 6.09. The molecule has 0 aliphatic heterocycles. The summed E-state index contributed by atoms with van der Waals surface area (Å²) in [6.45, 7) is 6.40. The molecule has 0 saturated carbocycles. The van der Waals surface area contributed by atoms with Crippen LogP contribution < -0.4 is 5.73 Å². The molecule has 3 nitrogen and oxygen atoms in total. The second kappa shape index (κ2) is 5.50. The molecule has 1 rings (SSSR count). The number of hydrogen-bond donors (Lipinski definition) is 1. The van der Waals surface area contributed by atoms with Crippen LogP contribution in [0.3, 0.4) is 0 Å². The van der Waals surface area contributed by atoms with E-state index in [9.17, 15) is 4.79 Å². The Bertz CT molecular complexity index is 344. The summed E-state index contributed by atoms with van der Waals surface area (Å²) in [5, 5.41) is 0. The van der Waals surface area contributed by atoms with E-state index in [0.717, 1.165) is 12.0 Å². The van der Waals surface area contributed by atoms with E-state index in [2.05, 4.69) is 26.0 Å². The Morgan fingerprint density at radius 3 is 2.82 bits per heavy atom. The zero-order chi connectivity index (χ0) is 13.1. The van der Waals surface area contributed by atoms with Crippen LogP contribution >= 0.6 is 0 Å². The minimum absolute atomic E-state index is 0.0340. The van der Waals surface area contributed by atoms with Crippen molar-refractivity contribution in [1.82, 2.24) is 0 Å². The minimum atomic E-state index is -0.196. The molecule has 0 amide bonds. The Morgan fingerprint density at radius 1 is 1.65 bits per heavy atom. The first-order chi connectivity index (χ1) is 7.87. The average Bonchev–Trinajstić information content (AvgIpc) is 2.22. The zero-order valence-electron chi connectivity index (χ0n) is 11.2. The molecule has 2 unspecified atom stereocenters. The van der Waals surface area contributed by atoms with Crippen molar-refractivity contribution in [3.05, 3.63) is 23.8 Å². The Kier molecular flexibility index (Phi) is 4.52. The van der Waals surface area contributed by atoms with Crippen molar-refractivity contribution in [2.24, 2.45) is 17.1 Å². The number of carbonyl (C=O) groups excluding carboxylic acids is 1. The number of esters is 1. The third-order valence-electron chi connectivity index (χ3n) is 3.49. The van der Waals surface area contributed by atoms with Gasteiger partial charge in [0.25, 0.3) is 0 Å². The summed E-state index contributed by atoms with van der Waals surface area (Å²) < 4.78 is 4.69. The topological polar surface area (TPSA) is 52.3 Å². The summed E-state index contributed by atoms with van der Waals surface area (Å²) >= 11 is 0. The molecule has 17 heavy (non-hydrogen) atoms. The van der Waals surface area contributed by atoms with Crippen molar-refractivity contribution >= 4 is 5.97 Å². The number of methoxy groups -OCH3 is 1. The Balaban J connectivity index is 2.83. The number of rotatable bonds is 4. The lowest BCUT2D eigenvalue weighted by atomic mass is 9.70. The molecule has 1 aliphatic carbocycles. The van der Waals surface area contributed by atoms with E-state index in [4.69, 9.17) is 10.5 Å². The first-order valence-corrected chi connectivity index (χ1v) is 6.09. The summed E-state index contributed by atoms with van der Waals surface area (Å²) in [4.78, 5) is 11.3. The third-order valence-corrected chi connectivity index (χ3v) is 3.49. The van der Waals surface area contributed by atoms with E-state index >= 15 is 0 Å². The zero-order valence-corrected chi connectivity index (χ0v) is 11.2. The maximum Gasteiger partial charge on any atom is 0.309 e. The maximum absolute atomic E-state index is 11.3. The predicted octanol–water partition coefficient (Wildman–Crippen LogP) is 2.43. The molecule has 1 aliphatic rings. The molecule has 0 aromatic rings. The van der Waals surface area contributed by atoms with Crippen LogP contribution in [0.5, 0.6) is 0 Å². The predicted molar refractivity (Wildman–Crippen MR) is 69.4 cm³/mol. The minimum Gasteiger partial charge on any atom is -0.469 e. The molecule has 0 bridgehead atoms. The molecule has 0 heterocycles. The van der Waals surface area contributed by atoms with Crippen LogP contribution in [0.25, 0.3) is 0 Å². The molecule has 0 spiro atoms.